The summed E-state index contributed by atoms with van der Waals surface area (Å²) in [7, 11) is -3.67. The van der Waals surface area contributed by atoms with Crippen LogP contribution in [0.5, 0.6) is 0 Å². The van der Waals surface area contributed by atoms with E-state index in [0.29, 0.717) is 18.9 Å². The summed E-state index contributed by atoms with van der Waals surface area (Å²) in [5.74, 6) is 1.30. The highest BCUT2D eigenvalue weighted by Gasteiger charge is 2.32. The summed E-state index contributed by atoms with van der Waals surface area (Å²) in [6.45, 7) is 4.89. The number of halogens is 1. The highest BCUT2D eigenvalue weighted by Crippen LogP contribution is 2.27. The fourth-order valence-corrected chi connectivity index (χ4v) is 4.68. The van der Waals surface area contributed by atoms with E-state index >= 15 is 0 Å². The lowest BCUT2D eigenvalue weighted by molar-refractivity contribution is -0.134. The van der Waals surface area contributed by atoms with E-state index in [0.717, 1.165) is 50.4 Å². The number of hydrogen-bond acceptors (Lipinski definition) is 4. The van der Waals surface area contributed by atoms with Gasteiger partial charge in [-0.05, 0) is 50.3 Å². The van der Waals surface area contributed by atoms with E-state index in [2.05, 4.69) is 15.6 Å². The van der Waals surface area contributed by atoms with Gasteiger partial charge in [0.15, 0.2) is 5.96 Å². The molecule has 0 aromatic heterocycles. The van der Waals surface area contributed by atoms with E-state index in [9.17, 15) is 13.2 Å². The number of sulfonamides is 1. The molecule has 1 saturated heterocycles. The van der Waals surface area contributed by atoms with Crippen LogP contribution in [0.15, 0.2) is 34.2 Å². The number of likely N-dealkylation sites (tertiary alicyclic amines) is 1. The first kappa shape index (κ1) is 25.9. The van der Waals surface area contributed by atoms with Gasteiger partial charge in [-0.25, -0.2) is 13.6 Å². The van der Waals surface area contributed by atoms with Crippen molar-refractivity contribution in [1.82, 2.24) is 15.5 Å². The Hall–Kier alpha value is -1.40. The lowest BCUT2D eigenvalue weighted by Gasteiger charge is -2.21. The molecule has 1 heterocycles. The molecule has 31 heavy (non-hydrogen) atoms. The average Bonchev–Trinajstić information content (AvgIpc) is 3.40. The lowest BCUT2D eigenvalue weighted by Crippen LogP contribution is -2.45. The maximum absolute atomic E-state index is 12.6. The zero-order valence-corrected chi connectivity index (χ0v) is 21.2. The molecule has 1 unspecified atom stereocenters. The Balaban J connectivity index is 0.00000341. The molecule has 8 nitrogen and oxygen atoms in total. The molecule has 1 atom stereocenters. The SMILES string of the molecule is CCNC(=NCCc1ccc(S(N)(=O)=O)cc1)NC1CCN(C(=O)C2CCCC2)C1.I. The zero-order chi connectivity index (χ0) is 21.6. The maximum atomic E-state index is 12.6. The standard InChI is InChI=1S/C21H33N5O3S.HI/c1-2-23-21(24-13-11-16-7-9-19(10-8-16)30(22,28)29)25-18-12-14-26(15-18)20(27)17-5-3-4-6-17;/h7-10,17-18H,2-6,11-15H2,1H3,(H2,22,28,29)(H2,23,24,25);1H. The van der Waals surface area contributed by atoms with Gasteiger partial charge >= 0.3 is 0 Å². The Morgan fingerprint density at radius 2 is 1.87 bits per heavy atom. The lowest BCUT2D eigenvalue weighted by atomic mass is 10.1. The van der Waals surface area contributed by atoms with Crippen molar-refractivity contribution in [3.05, 3.63) is 29.8 Å². The average molecular weight is 564 g/mol. The van der Waals surface area contributed by atoms with E-state index < -0.39 is 10.0 Å². The molecule has 174 valence electrons. The summed E-state index contributed by atoms with van der Waals surface area (Å²) in [6, 6.07) is 6.78. The Kier molecular flexibility index (Phi) is 10.0. The molecule has 4 N–H and O–H groups in total. The van der Waals surface area contributed by atoms with Crippen molar-refractivity contribution in [2.45, 2.75) is 56.4 Å². The molecule has 1 saturated carbocycles. The number of nitrogens with two attached hydrogens (primary N) is 1. The predicted octanol–water partition coefficient (Wildman–Crippen LogP) is 1.84. The third-order valence-corrected chi connectivity index (χ3v) is 6.74. The van der Waals surface area contributed by atoms with Crippen LogP contribution in [0, 0.1) is 5.92 Å². The molecule has 0 radical (unpaired) electrons. The largest absolute Gasteiger partial charge is 0.357 e. The number of amides is 1. The Morgan fingerprint density at radius 1 is 1.19 bits per heavy atom. The van der Waals surface area contributed by atoms with Gasteiger partial charge in [0.05, 0.1) is 4.90 Å². The van der Waals surface area contributed by atoms with E-state index in [1.165, 1.54) is 25.0 Å². The number of guanidine groups is 1. The van der Waals surface area contributed by atoms with Gasteiger partial charge < -0.3 is 15.5 Å². The molecule has 1 aliphatic heterocycles. The second-order valence-electron chi connectivity index (χ2n) is 8.10. The van der Waals surface area contributed by atoms with Crippen molar-refractivity contribution in [3.8, 4) is 0 Å². The third kappa shape index (κ3) is 7.60. The minimum Gasteiger partial charge on any atom is -0.357 e. The smallest absolute Gasteiger partial charge is 0.238 e. The molecule has 1 amide bonds. The first-order chi connectivity index (χ1) is 14.4. The topological polar surface area (TPSA) is 117 Å². The van der Waals surface area contributed by atoms with Gasteiger partial charge in [0.1, 0.15) is 0 Å². The van der Waals surface area contributed by atoms with Crippen LogP contribution in [0.25, 0.3) is 0 Å². The molecule has 2 aliphatic rings. The molecule has 0 bridgehead atoms. The van der Waals surface area contributed by atoms with E-state index in [1.807, 2.05) is 11.8 Å². The van der Waals surface area contributed by atoms with Crippen molar-refractivity contribution in [1.29, 1.82) is 0 Å². The predicted molar refractivity (Wildman–Crippen MR) is 133 cm³/mol. The van der Waals surface area contributed by atoms with E-state index in [4.69, 9.17) is 5.14 Å². The second kappa shape index (κ2) is 12.0. The third-order valence-electron chi connectivity index (χ3n) is 5.81. The number of rotatable bonds is 7. The van der Waals surface area contributed by atoms with Crippen molar-refractivity contribution in [3.63, 3.8) is 0 Å². The van der Waals surface area contributed by atoms with Gasteiger partial charge in [-0.15, -0.1) is 24.0 Å². The summed E-state index contributed by atoms with van der Waals surface area (Å²) in [5.41, 5.74) is 0.996. The minimum absolute atomic E-state index is 0. The van der Waals surface area contributed by atoms with Gasteiger partial charge in [-0.1, -0.05) is 25.0 Å². The van der Waals surface area contributed by atoms with Crippen molar-refractivity contribution < 1.29 is 13.2 Å². The summed E-state index contributed by atoms with van der Waals surface area (Å²) < 4.78 is 22.7. The number of benzene rings is 1. The van der Waals surface area contributed by atoms with Gasteiger partial charge in [0.2, 0.25) is 15.9 Å². The van der Waals surface area contributed by atoms with Gasteiger partial charge in [-0.2, -0.15) is 0 Å². The minimum atomic E-state index is -3.67. The van der Waals surface area contributed by atoms with Crippen LogP contribution >= 0.6 is 24.0 Å². The molecular formula is C21H34IN5O3S. The molecule has 0 spiro atoms. The highest BCUT2D eigenvalue weighted by atomic mass is 127. The number of primary sulfonamides is 1. The molecule has 1 aromatic carbocycles. The number of aliphatic imine (C=N–C) groups is 1. The quantitative estimate of drug-likeness (QED) is 0.266. The fourth-order valence-electron chi connectivity index (χ4n) is 4.17. The number of carbonyl (C=O) groups is 1. The molecule has 10 heteroatoms. The normalized spacial score (nSPS) is 19.9. The second-order valence-corrected chi connectivity index (χ2v) is 9.66. The Morgan fingerprint density at radius 3 is 2.48 bits per heavy atom. The fraction of sp³-hybridized carbons (Fsp3) is 0.619. The van der Waals surface area contributed by atoms with Crippen LogP contribution in [-0.2, 0) is 21.2 Å². The zero-order valence-electron chi connectivity index (χ0n) is 18.0. The van der Waals surface area contributed by atoms with Crippen molar-refractivity contribution >= 4 is 45.9 Å². The number of hydrogen-bond donors (Lipinski definition) is 3. The molecule has 1 aromatic rings. The number of nitrogens with zero attached hydrogens (tertiary/aromatic N) is 2. The molecule has 2 fully saturated rings. The van der Waals surface area contributed by atoms with Crippen molar-refractivity contribution in [2.75, 3.05) is 26.2 Å². The van der Waals surface area contributed by atoms with Crippen LogP contribution in [0.4, 0.5) is 0 Å². The summed E-state index contributed by atoms with van der Waals surface area (Å²) in [6.07, 6.45) is 6.05. The van der Waals surface area contributed by atoms with E-state index in [1.54, 1.807) is 12.1 Å². The summed E-state index contributed by atoms with van der Waals surface area (Å²) in [4.78, 5) is 19.4. The first-order valence-corrected chi connectivity index (χ1v) is 12.4. The number of nitrogens with one attached hydrogen (secondary N) is 2. The van der Waals surface area contributed by atoms with Crippen LogP contribution in [0.2, 0.25) is 0 Å². The van der Waals surface area contributed by atoms with Gasteiger partial charge in [-0.3, -0.25) is 9.79 Å². The van der Waals surface area contributed by atoms with Crippen LogP contribution in [-0.4, -0.2) is 57.4 Å². The van der Waals surface area contributed by atoms with E-state index in [-0.39, 0.29) is 40.8 Å². The summed E-state index contributed by atoms with van der Waals surface area (Å²) >= 11 is 0. The first-order valence-electron chi connectivity index (χ1n) is 10.8. The van der Waals surface area contributed by atoms with Crippen molar-refractivity contribution in [2.24, 2.45) is 16.0 Å². The Bertz CT molecular complexity index is 854. The monoisotopic (exact) mass is 563 g/mol. The maximum Gasteiger partial charge on any atom is 0.238 e. The van der Waals surface area contributed by atoms with Gasteiger partial charge in [0.25, 0.3) is 0 Å². The highest BCUT2D eigenvalue weighted by molar-refractivity contribution is 14.0. The number of carbonyl (C=O) groups excluding carboxylic acids is 1. The van der Waals surface area contributed by atoms with Crippen LogP contribution in [0.1, 0.15) is 44.6 Å². The Labute approximate surface area is 202 Å². The molecular weight excluding hydrogens is 529 g/mol. The molecule has 3 rings (SSSR count). The summed E-state index contributed by atoms with van der Waals surface area (Å²) in [5, 5.41) is 11.9. The van der Waals surface area contributed by atoms with Crippen LogP contribution in [0.3, 0.4) is 0 Å². The molecule has 1 aliphatic carbocycles. The van der Waals surface area contributed by atoms with Gasteiger partial charge in [0, 0.05) is 38.1 Å². The van der Waals surface area contributed by atoms with Crippen LogP contribution < -0.4 is 15.8 Å².